The Morgan fingerprint density at radius 1 is 1.09 bits per heavy atom. The van der Waals surface area contributed by atoms with Crippen LogP contribution in [0, 0.1) is 6.92 Å². The molecule has 8 nitrogen and oxygen atoms in total. The summed E-state index contributed by atoms with van der Waals surface area (Å²) < 4.78 is 5.91. The molecule has 0 saturated heterocycles. The first kappa shape index (κ1) is 22.3. The van der Waals surface area contributed by atoms with Crippen LogP contribution in [0.1, 0.15) is 27.6 Å². The summed E-state index contributed by atoms with van der Waals surface area (Å²) in [4.78, 5) is 31.8. The van der Waals surface area contributed by atoms with Crippen LogP contribution in [0.3, 0.4) is 0 Å². The van der Waals surface area contributed by atoms with E-state index in [-0.39, 0.29) is 18.3 Å². The number of aryl methyl sites for hydroxylation is 1. The zero-order valence-corrected chi connectivity index (χ0v) is 19.5. The second-order valence-corrected chi connectivity index (χ2v) is 8.55. The number of carbonyl (C=O) groups is 2. The average Bonchev–Trinajstić information content (AvgIpc) is 3.31. The third-order valence-electron chi connectivity index (χ3n) is 5.99. The molecule has 8 heteroatoms. The monoisotopic (exact) mass is 467 g/mol. The van der Waals surface area contributed by atoms with Crippen molar-refractivity contribution in [1.82, 2.24) is 20.5 Å². The SMILES string of the molecule is Cc1ccc(-c2ccc3c(c2)N(C)C(=O)[C@@H](NC(=O)c2n[nH]c(Cc4ccccc4)n2)CO3)cc1. The lowest BCUT2D eigenvalue weighted by molar-refractivity contribution is -0.120. The molecule has 3 aromatic carbocycles. The number of hydrogen-bond acceptors (Lipinski definition) is 5. The Morgan fingerprint density at radius 2 is 1.83 bits per heavy atom. The van der Waals surface area contributed by atoms with E-state index in [1.54, 1.807) is 7.05 Å². The van der Waals surface area contributed by atoms with Crippen molar-refractivity contribution in [3.05, 3.63) is 95.6 Å². The van der Waals surface area contributed by atoms with E-state index in [0.29, 0.717) is 23.7 Å². The highest BCUT2D eigenvalue weighted by atomic mass is 16.5. The Bertz CT molecular complexity index is 1370. The fourth-order valence-electron chi connectivity index (χ4n) is 4.02. The first-order chi connectivity index (χ1) is 17.0. The predicted molar refractivity (Wildman–Crippen MR) is 132 cm³/mol. The van der Waals surface area contributed by atoms with Gasteiger partial charge in [-0.15, -0.1) is 5.10 Å². The molecule has 2 N–H and O–H groups in total. The summed E-state index contributed by atoms with van der Waals surface area (Å²) in [5.74, 6) is 0.310. The van der Waals surface area contributed by atoms with Gasteiger partial charge in [0.15, 0.2) is 0 Å². The van der Waals surface area contributed by atoms with E-state index in [4.69, 9.17) is 4.74 Å². The summed E-state index contributed by atoms with van der Waals surface area (Å²) in [5, 5.41) is 9.54. The van der Waals surface area contributed by atoms with Crippen LogP contribution in [-0.4, -0.2) is 46.7 Å². The van der Waals surface area contributed by atoms with E-state index < -0.39 is 11.9 Å². The molecule has 1 aromatic heterocycles. The number of H-pyrrole nitrogens is 1. The minimum absolute atomic E-state index is 0.00703. The molecule has 2 amide bonds. The average molecular weight is 468 g/mol. The molecule has 0 spiro atoms. The highest BCUT2D eigenvalue weighted by Crippen LogP contribution is 2.35. The van der Waals surface area contributed by atoms with Gasteiger partial charge < -0.3 is 15.0 Å². The second-order valence-electron chi connectivity index (χ2n) is 8.55. The number of aromatic nitrogens is 3. The van der Waals surface area contributed by atoms with Crippen molar-refractivity contribution in [2.45, 2.75) is 19.4 Å². The molecular weight excluding hydrogens is 442 g/mol. The number of carbonyl (C=O) groups excluding carboxylic acids is 2. The minimum Gasteiger partial charge on any atom is -0.489 e. The van der Waals surface area contributed by atoms with Gasteiger partial charge >= 0.3 is 0 Å². The van der Waals surface area contributed by atoms with Gasteiger partial charge in [-0.2, -0.15) is 0 Å². The minimum atomic E-state index is -0.876. The lowest BCUT2D eigenvalue weighted by atomic mass is 10.0. The molecule has 176 valence electrons. The molecule has 35 heavy (non-hydrogen) atoms. The Labute approximate surface area is 203 Å². The third kappa shape index (κ3) is 4.77. The molecule has 0 radical (unpaired) electrons. The lowest BCUT2D eigenvalue weighted by Crippen LogP contribution is -2.49. The number of rotatable bonds is 5. The number of amides is 2. The largest absolute Gasteiger partial charge is 0.489 e. The van der Waals surface area contributed by atoms with Crippen molar-refractivity contribution in [2.24, 2.45) is 0 Å². The lowest BCUT2D eigenvalue weighted by Gasteiger charge is -2.20. The fraction of sp³-hybridized carbons (Fsp3) is 0.185. The molecular formula is C27H25N5O3. The Morgan fingerprint density at radius 3 is 2.60 bits per heavy atom. The molecule has 0 fully saturated rings. The van der Waals surface area contributed by atoms with Gasteiger partial charge in [0.2, 0.25) is 5.82 Å². The van der Waals surface area contributed by atoms with Gasteiger partial charge in [0.05, 0.1) is 5.69 Å². The van der Waals surface area contributed by atoms with Gasteiger partial charge in [0.1, 0.15) is 24.2 Å². The van der Waals surface area contributed by atoms with Gasteiger partial charge in [0.25, 0.3) is 11.8 Å². The van der Waals surface area contributed by atoms with E-state index >= 15 is 0 Å². The maximum absolute atomic E-state index is 13.2. The fourth-order valence-corrected chi connectivity index (χ4v) is 4.02. The third-order valence-corrected chi connectivity index (χ3v) is 5.99. The molecule has 5 rings (SSSR count). The molecule has 0 aliphatic carbocycles. The maximum atomic E-state index is 13.2. The summed E-state index contributed by atoms with van der Waals surface area (Å²) in [7, 11) is 1.68. The van der Waals surface area contributed by atoms with Gasteiger partial charge in [0, 0.05) is 13.5 Å². The van der Waals surface area contributed by atoms with Crippen LogP contribution in [0.15, 0.2) is 72.8 Å². The number of fused-ring (bicyclic) bond motifs is 1. The number of nitrogens with one attached hydrogen (secondary N) is 2. The van der Waals surface area contributed by atoms with Gasteiger partial charge in [-0.3, -0.25) is 14.7 Å². The number of hydrogen-bond donors (Lipinski definition) is 2. The summed E-state index contributed by atoms with van der Waals surface area (Å²) in [6.07, 6.45) is 0.522. The van der Waals surface area contributed by atoms with Crippen LogP contribution in [0.5, 0.6) is 5.75 Å². The standard InChI is InChI=1S/C27H25N5O3/c1-17-8-10-19(11-9-17)20-12-13-23-22(15-20)32(2)27(34)21(16-35-23)28-26(33)25-29-24(30-31-25)14-18-6-4-3-5-7-18/h3-13,15,21H,14,16H2,1-2H3,(H,28,33)(H,29,30,31)/t21-/m0/s1. The Balaban J connectivity index is 1.30. The van der Waals surface area contributed by atoms with E-state index in [0.717, 1.165) is 16.7 Å². The molecule has 4 aromatic rings. The molecule has 1 atom stereocenters. The number of nitrogens with zero attached hydrogens (tertiary/aromatic N) is 3. The summed E-state index contributed by atoms with van der Waals surface area (Å²) in [5.41, 5.74) is 4.89. The van der Waals surface area contributed by atoms with Crippen molar-refractivity contribution < 1.29 is 14.3 Å². The van der Waals surface area contributed by atoms with Crippen molar-refractivity contribution in [2.75, 3.05) is 18.6 Å². The van der Waals surface area contributed by atoms with Crippen molar-refractivity contribution in [1.29, 1.82) is 0 Å². The first-order valence-corrected chi connectivity index (χ1v) is 11.4. The Hall–Kier alpha value is -4.46. The van der Waals surface area contributed by atoms with Gasteiger partial charge in [-0.25, -0.2) is 4.98 Å². The molecule has 0 unspecified atom stereocenters. The predicted octanol–water partition coefficient (Wildman–Crippen LogP) is 3.52. The summed E-state index contributed by atoms with van der Waals surface area (Å²) >= 11 is 0. The van der Waals surface area contributed by atoms with E-state index in [1.807, 2.05) is 79.7 Å². The number of anilines is 1. The Kier molecular flexibility index (Phi) is 6.01. The highest BCUT2D eigenvalue weighted by molar-refractivity contribution is 6.02. The van der Waals surface area contributed by atoms with Crippen molar-refractivity contribution in [3.63, 3.8) is 0 Å². The summed E-state index contributed by atoms with van der Waals surface area (Å²) in [6.45, 7) is 2.05. The topological polar surface area (TPSA) is 100 Å². The number of aromatic amines is 1. The van der Waals surface area contributed by atoms with Crippen LogP contribution in [0.25, 0.3) is 11.1 Å². The molecule has 0 bridgehead atoms. The normalized spacial score (nSPS) is 15.2. The zero-order valence-electron chi connectivity index (χ0n) is 19.5. The van der Waals surface area contributed by atoms with Crippen LogP contribution in [0.2, 0.25) is 0 Å². The number of benzene rings is 3. The molecule has 0 saturated carbocycles. The highest BCUT2D eigenvalue weighted by Gasteiger charge is 2.31. The van der Waals surface area contributed by atoms with Crippen molar-refractivity contribution in [3.8, 4) is 16.9 Å². The second kappa shape index (κ2) is 9.42. The zero-order chi connectivity index (χ0) is 24.4. The van der Waals surface area contributed by atoms with E-state index in [1.165, 1.54) is 10.5 Å². The number of likely N-dealkylation sites (N-methyl/N-ethyl adjacent to an activating group) is 1. The summed E-state index contributed by atoms with van der Waals surface area (Å²) in [6, 6.07) is 22.8. The van der Waals surface area contributed by atoms with Crippen molar-refractivity contribution >= 4 is 17.5 Å². The van der Waals surface area contributed by atoms with E-state index in [2.05, 4.69) is 20.5 Å². The van der Waals surface area contributed by atoms with Gasteiger partial charge in [-0.05, 0) is 35.7 Å². The quantitative estimate of drug-likeness (QED) is 0.468. The van der Waals surface area contributed by atoms with Crippen LogP contribution >= 0.6 is 0 Å². The molecule has 1 aliphatic heterocycles. The smallest absolute Gasteiger partial charge is 0.291 e. The van der Waals surface area contributed by atoms with Crippen LogP contribution in [0.4, 0.5) is 5.69 Å². The maximum Gasteiger partial charge on any atom is 0.291 e. The first-order valence-electron chi connectivity index (χ1n) is 11.4. The van der Waals surface area contributed by atoms with Crippen LogP contribution in [-0.2, 0) is 11.2 Å². The van der Waals surface area contributed by atoms with Crippen LogP contribution < -0.4 is 15.0 Å². The molecule has 2 heterocycles. The number of ether oxygens (including phenoxy) is 1. The van der Waals surface area contributed by atoms with Gasteiger partial charge in [-0.1, -0.05) is 66.2 Å². The van der Waals surface area contributed by atoms with E-state index in [9.17, 15) is 9.59 Å². The molecule has 1 aliphatic rings.